The van der Waals surface area contributed by atoms with E-state index in [1.807, 2.05) is 36.1 Å². The molecule has 3 aromatic rings. The van der Waals surface area contributed by atoms with Crippen LogP contribution in [0.4, 0.5) is 10.5 Å². The lowest BCUT2D eigenvalue weighted by molar-refractivity contribution is -0.124. The number of carbonyl (C=O) groups is 2. The van der Waals surface area contributed by atoms with Gasteiger partial charge in [-0.3, -0.25) is 9.78 Å². The number of carbonyl (C=O) groups excluding carboxylic acids is 2. The van der Waals surface area contributed by atoms with Crippen molar-refractivity contribution < 1.29 is 23.5 Å². The highest BCUT2D eigenvalue weighted by atomic mass is 16.6. The smallest absolute Gasteiger partial charge is 0.407 e. The molecule has 0 aliphatic heterocycles. The molecule has 0 radical (unpaired) electrons. The maximum atomic E-state index is 14.2. The van der Waals surface area contributed by atoms with Gasteiger partial charge in [0.1, 0.15) is 23.8 Å². The molecule has 236 valence electrons. The summed E-state index contributed by atoms with van der Waals surface area (Å²) in [5.41, 5.74) is 4.65. The summed E-state index contributed by atoms with van der Waals surface area (Å²) in [5.74, 6) is 2.57. The number of alkyl carbamates (subject to hydrolysis) is 1. The number of hydrogen-bond donors (Lipinski definition) is 1. The van der Waals surface area contributed by atoms with E-state index in [2.05, 4.69) is 31.3 Å². The molecule has 0 unspecified atom stereocenters. The monoisotopic (exact) mass is 602 g/mol. The number of aryl methyl sites for hydroxylation is 1. The topological polar surface area (TPSA) is 107 Å². The largest absolute Gasteiger partial charge is 0.495 e. The Kier molecular flexibility index (Phi) is 10.2. The minimum Gasteiger partial charge on any atom is -0.495 e. The molecule has 2 saturated carbocycles. The zero-order chi connectivity index (χ0) is 31.2. The summed E-state index contributed by atoms with van der Waals surface area (Å²) >= 11 is 0. The number of oxazole rings is 1. The van der Waals surface area contributed by atoms with E-state index in [1.54, 1.807) is 20.4 Å². The highest BCUT2D eigenvalue weighted by Crippen LogP contribution is 2.38. The van der Waals surface area contributed by atoms with Crippen LogP contribution in [0.2, 0.25) is 0 Å². The van der Waals surface area contributed by atoms with Crippen LogP contribution < -0.4 is 15.0 Å². The second-order valence-electron chi connectivity index (χ2n) is 12.6. The number of methoxy groups -OCH3 is 1. The van der Waals surface area contributed by atoms with Gasteiger partial charge in [0.15, 0.2) is 5.89 Å². The van der Waals surface area contributed by atoms with Gasteiger partial charge in [-0.1, -0.05) is 26.0 Å². The molecule has 44 heavy (non-hydrogen) atoms. The fraction of sp³-hybridized carbons (Fsp3) is 0.543. The molecule has 2 aromatic heterocycles. The lowest BCUT2D eigenvalue weighted by Gasteiger charge is -2.36. The summed E-state index contributed by atoms with van der Waals surface area (Å²) in [6, 6.07) is 12.2. The lowest BCUT2D eigenvalue weighted by Crippen LogP contribution is -2.42. The van der Waals surface area contributed by atoms with E-state index in [9.17, 15) is 9.59 Å². The van der Waals surface area contributed by atoms with Crippen molar-refractivity contribution in [1.82, 2.24) is 15.3 Å². The number of aromatic nitrogens is 2. The lowest BCUT2D eigenvalue weighted by atomic mass is 9.79. The van der Waals surface area contributed by atoms with Crippen molar-refractivity contribution in [3.8, 4) is 17.0 Å². The Morgan fingerprint density at radius 1 is 1.02 bits per heavy atom. The Hall–Kier alpha value is -3.88. The Labute approximate surface area is 260 Å². The number of pyridine rings is 1. The summed E-state index contributed by atoms with van der Waals surface area (Å²) in [7, 11) is 3.24. The van der Waals surface area contributed by atoms with Crippen molar-refractivity contribution in [1.29, 1.82) is 0 Å². The average Bonchev–Trinajstić information content (AvgIpc) is 3.55. The van der Waals surface area contributed by atoms with E-state index in [-0.39, 0.29) is 23.8 Å². The zero-order valence-electron chi connectivity index (χ0n) is 26.7. The van der Waals surface area contributed by atoms with Crippen LogP contribution in [0.3, 0.4) is 0 Å². The van der Waals surface area contributed by atoms with Crippen LogP contribution in [0.5, 0.6) is 5.75 Å². The Morgan fingerprint density at radius 2 is 1.77 bits per heavy atom. The molecule has 0 spiro atoms. The molecule has 2 fully saturated rings. The summed E-state index contributed by atoms with van der Waals surface area (Å²) in [6.45, 7) is 6.78. The van der Waals surface area contributed by atoms with Crippen LogP contribution in [0.1, 0.15) is 94.3 Å². The maximum absolute atomic E-state index is 14.2. The van der Waals surface area contributed by atoms with Crippen molar-refractivity contribution in [2.75, 3.05) is 25.6 Å². The number of benzene rings is 1. The normalized spacial score (nSPS) is 22.0. The summed E-state index contributed by atoms with van der Waals surface area (Å²) in [6.07, 6.45) is 8.08. The van der Waals surface area contributed by atoms with Crippen molar-refractivity contribution in [2.24, 2.45) is 11.8 Å². The third-order valence-corrected chi connectivity index (χ3v) is 9.22. The average molecular weight is 603 g/mol. The first kappa shape index (κ1) is 31.5. The summed E-state index contributed by atoms with van der Waals surface area (Å²) in [5, 5.41) is 2.52. The van der Waals surface area contributed by atoms with E-state index >= 15 is 0 Å². The molecule has 2 amide bonds. The second-order valence-corrected chi connectivity index (χ2v) is 12.6. The maximum Gasteiger partial charge on any atom is 0.407 e. The number of anilines is 1. The van der Waals surface area contributed by atoms with Gasteiger partial charge in [-0.25, -0.2) is 9.78 Å². The molecule has 0 atom stereocenters. The number of nitrogens with zero attached hydrogens (tertiary/aromatic N) is 3. The molecular formula is C35H46N4O5. The summed E-state index contributed by atoms with van der Waals surface area (Å²) in [4.78, 5) is 37.5. The standard InChI is InChI=1S/C35H46N4O5/c1-22(2)33-38-31(21-43-33)27-7-6-8-28(19-27)39(34(40)26-13-15-29(16-14-26)44-35(41)36-4)20-24-9-11-25(12-10-24)30-17-18-32(42-5)23(3)37-30/h6-8,17-19,21-22,24-26,29H,9-16,20H2,1-5H3,(H,36,41)/t24-,25-,26-,29-. The molecule has 1 aromatic carbocycles. The Bertz CT molecular complexity index is 1420. The first-order valence-electron chi connectivity index (χ1n) is 16.0. The van der Waals surface area contributed by atoms with Crippen LogP contribution in [-0.4, -0.2) is 48.8 Å². The van der Waals surface area contributed by atoms with Gasteiger partial charge in [0.05, 0.1) is 12.8 Å². The van der Waals surface area contributed by atoms with Gasteiger partial charge in [0.25, 0.3) is 0 Å². The van der Waals surface area contributed by atoms with Crippen LogP contribution in [-0.2, 0) is 9.53 Å². The molecular weight excluding hydrogens is 556 g/mol. The Morgan fingerprint density at radius 3 is 2.41 bits per heavy atom. The second kappa shape index (κ2) is 14.3. The van der Waals surface area contributed by atoms with Crippen LogP contribution in [0.15, 0.2) is 47.1 Å². The molecule has 2 aliphatic carbocycles. The molecule has 0 saturated heterocycles. The van der Waals surface area contributed by atoms with E-state index < -0.39 is 6.09 Å². The van der Waals surface area contributed by atoms with Gasteiger partial charge < -0.3 is 24.1 Å². The highest BCUT2D eigenvalue weighted by Gasteiger charge is 2.34. The highest BCUT2D eigenvalue weighted by molar-refractivity contribution is 5.95. The van der Waals surface area contributed by atoms with E-state index in [4.69, 9.17) is 23.9 Å². The molecule has 9 nitrogen and oxygen atoms in total. The number of amides is 2. The van der Waals surface area contributed by atoms with Crippen LogP contribution in [0.25, 0.3) is 11.3 Å². The van der Waals surface area contributed by atoms with Crippen molar-refractivity contribution in [3.05, 3.63) is 59.9 Å². The van der Waals surface area contributed by atoms with E-state index in [0.717, 1.165) is 59.8 Å². The summed E-state index contributed by atoms with van der Waals surface area (Å²) < 4.78 is 16.6. The zero-order valence-corrected chi connectivity index (χ0v) is 26.7. The first-order chi connectivity index (χ1) is 21.2. The minimum absolute atomic E-state index is 0.106. The predicted molar refractivity (Wildman–Crippen MR) is 170 cm³/mol. The number of ether oxygens (including phenoxy) is 2. The number of nitrogens with one attached hydrogen (secondary N) is 1. The predicted octanol–water partition coefficient (Wildman–Crippen LogP) is 7.40. The van der Waals surface area contributed by atoms with Gasteiger partial charge in [-0.15, -0.1) is 0 Å². The van der Waals surface area contributed by atoms with E-state index in [1.165, 1.54) is 0 Å². The third-order valence-electron chi connectivity index (χ3n) is 9.22. The first-order valence-corrected chi connectivity index (χ1v) is 16.0. The quantitative estimate of drug-likeness (QED) is 0.272. The molecule has 9 heteroatoms. The molecule has 2 heterocycles. The van der Waals surface area contributed by atoms with Crippen LogP contribution >= 0.6 is 0 Å². The van der Waals surface area contributed by atoms with E-state index in [0.29, 0.717) is 50.0 Å². The van der Waals surface area contributed by atoms with Crippen molar-refractivity contribution >= 4 is 17.7 Å². The molecule has 2 aliphatic rings. The van der Waals surface area contributed by atoms with Crippen LogP contribution in [0, 0.1) is 18.8 Å². The molecule has 0 bridgehead atoms. The minimum atomic E-state index is -0.415. The molecule has 5 rings (SSSR count). The number of hydrogen-bond acceptors (Lipinski definition) is 7. The van der Waals surface area contributed by atoms with Gasteiger partial charge in [0, 0.05) is 48.3 Å². The number of rotatable bonds is 9. The van der Waals surface area contributed by atoms with Gasteiger partial charge in [-0.05, 0) is 88.5 Å². The van der Waals surface area contributed by atoms with Gasteiger partial charge in [0.2, 0.25) is 5.91 Å². The van der Waals surface area contributed by atoms with Crippen molar-refractivity contribution in [2.45, 2.75) is 90.1 Å². The fourth-order valence-corrected chi connectivity index (χ4v) is 6.61. The third kappa shape index (κ3) is 7.42. The van der Waals surface area contributed by atoms with Gasteiger partial charge >= 0.3 is 6.09 Å². The fourth-order valence-electron chi connectivity index (χ4n) is 6.61. The van der Waals surface area contributed by atoms with Crippen molar-refractivity contribution in [3.63, 3.8) is 0 Å². The van der Waals surface area contributed by atoms with Gasteiger partial charge in [-0.2, -0.15) is 0 Å². The Balaban J connectivity index is 1.32. The molecule has 1 N–H and O–H groups in total. The SMILES string of the molecule is CNC(=O)O[C@H]1CC[C@H](C(=O)N(C[C@H]2CC[C@H](c3ccc(OC)c(C)n3)CC2)c2cccc(-c3coc(C(C)C)n3)c2)CC1.